The van der Waals surface area contributed by atoms with Crippen molar-refractivity contribution >= 4 is 21.6 Å². The first-order valence-electron chi connectivity index (χ1n) is 9.01. The summed E-state index contributed by atoms with van der Waals surface area (Å²) in [6.07, 6.45) is 1.50. The molecule has 0 aliphatic heterocycles. The van der Waals surface area contributed by atoms with Crippen molar-refractivity contribution in [3.05, 3.63) is 58.4 Å². The van der Waals surface area contributed by atoms with E-state index in [1.807, 2.05) is 0 Å². The Kier molecular flexibility index (Phi) is 6.60. The molecule has 0 bridgehead atoms. The Morgan fingerprint density at radius 1 is 1.21 bits per heavy atom. The van der Waals surface area contributed by atoms with Crippen LogP contribution in [0.3, 0.4) is 0 Å². The van der Waals surface area contributed by atoms with Crippen LogP contribution in [0.1, 0.15) is 24.0 Å². The van der Waals surface area contributed by atoms with Crippen molar-refractivity contribution in [3.63, 3.8) is 0 Å². The molecule has 0 spiro atoms. The Balaban J connectivity index is 1.87. The highest BCUT2D eigenvalue weighted by Gasteiger charge is 2.39. The summed E-state index contributed by atoms with van der Waals surface area (Å²) in [6.45, 7) is 2.52. The second-order valence-corrected chi connectivity index (χ2v) is 9.05. The SMILES string of the molecule is COCCOc1ccc(S(=O)(=O)N(Cc2c(F)cccc2Cl)C2CC2)cc1C. The van der Waals surface area contributed by atoms with Crippen LogP contribution in [-0.4, -0.2) is 39.1 Å². The largest absolute Gasteiger partial charge is 0.491 e. The number of sulfonamides is 1. The maximum Gasteiger partial charge on any atom is 0.243 e. The number of hydrogen-bond acceptors (Lipinski definition) is 4. The van der Waals surface area contributed by atoms with Gasteiger partial charge < -0.3 is 9.47 Å². The molecule has 152 valence electrons. The molecule has 0 amide bonds. The molecule has 3 rings (SSSR count). The highest BCUT2D eigenvalue weighted by atomic mass is 35.5. The Morgan fingerprint density at radius 3 is 2.57 bits per heavy atom. The van der Waals surface area contributed by atoms with E-state index in [0.717, 1.165) is 12.8 Å². The van der Waals surface area contributed by atoms with Crippen molar-refractivity contribution in [1.82, 2.24) is 4.31 Å². The van der Waals surface area contributed by atoms with Gasteiger partial charge in [0.05, 0.1) is 11.5 Å². The predicted molar refractivity (Wildman–Crippen MR) is 106 cm³/mol. The van der Waals surface area contributed by atoms with E-state index >= 15 is 0 Å². The molecule has 1 fully saturated rings. The van der Waals surface area contributed by atoms with Crippen molar-refractivity contribution in [1.29, 1.82) is 0 Å². The fourth-order valence-corrected chi connectivity index (χ4v) is 4.89. The van der Waals surface area contributed by atoms with Crippen LogP contribution in [-0.2, 0) is 21.3 Å². The van der Waals surface area contributed by atoms with Gasteiger partial charge in [-0.25, -0.2) is 12.8 Å². The molecule has 1 aliphatic rings. The molecule has 1 saturated carbocycles. The molecular weight excluding hydrogens is 405 g/mol. The highest BCUT2D eigenvalue weighted by Crippen LogP contribution is 2.36. The van der Waals surface area contributed by atoms with Gasteiger partial charge >= 0.3 is 0 Å². The van der Waals surface area contributed by atoms with Gasteiger partial charge in [-0.3, -0.25) is 0 Å². The van der Waals surface area contributed by atoms with Gasteiger partial charge in [-0.2, -0.15) is 4.31 Å². The zero-order valence-electron chi connectivity index (χ0n) is 15.8. The predicted octanol–water partition coefficient (Wildman–Crippen LogP) is 4.17. The van der Waals surface area contributed by atoms with Crippen molar-refractivity contribution in [3.8, 4) is 5.75 Å². The van der Waals surface area contributed by atoms with Gasteiger partial charge in [0.25, 0.3) is 0 Å². The van der Waals surface area contributed by atoms with E-state index in [1.165, 1.54) is 22.5 Å². The summed E-state index contributed by atoms with van der Waals surface area (Å²) in [4.78, 5) is 0.156. The van der Waals surface area contributed by atoms with Gasteiger partial charge in [-0.15, -0.1) is 0 Å². The fraction of sp³-hybridized carbons (Fsp3) is 0.400. The van der Waals surface area contributed by atoms with Crippen LogP contribution in [0.5, 0.6) is 5.75 Å². The summed E-state index contributed by atoms with van der Waals surface area (Å²) >= 11 is 6.11. The van der Waals surface area contributed by atoms with Crippen molar-refractivity contribution < 1.29 is 22.3 Å². The van der Waals surface area contributed by atoms with Gasteiger partial charge in [-0.05, 0) is 55.7 Å². The maximum absolute atomic E-state index is 14.2. The Labute approximate surface area is 170 Å². The summed E-state index contributed by atoms with van der Waals surface area (Å²) < 4.78 is 52.6. The van der Waals surface area contributed by atoms with Crippen LogP contribution in [0.2, 0.25) is 5.02 Å². The smallest absolute Gasteiger partial charge is 0.243 e. The van der Waals surface area contributed by atoms with Crippen LogP contribution in [0.25, 0.3) is 0 Å². The zero-order valence-corrected chi connectivity index (χ0v) is 17.4. The number of halogens is 2. The van der Waals surface area contributed by atoms with E-state index < -0.39 is 15.8 Å². The number of aryl methyl sites for hydroxylation is 1. The summed E-state index contributed by atoms with van der Waals surface area (Å²) in [5, 5.41) is 0.221. The monoisotopic (exact) mass is 427 g/mol. The van der Waals surface area contributed by atoms with E-state index in [2.05, 4.69) is 0 Å². The summed E-state index contributed by atoms with van der Waals surface area (Å²) in [5.74, 6) is 0.0949. The average molecular weight is 428 g/mol. The van der Waals surface area contributed by atoms with Crippen LogP contribution in [0, 0.1) is 12.7 Å². The minimum absolute atomic E-state index is 0.0936. The molecule has 1 aliphatic carbocycles. The standard InChI is InChI=1S/C20H23ClFNO4S/c1-14-12-16(8-9-20(14)27-11-10-26-2)28(24,25)23(15-6-7-15)13-17-18(21)4-3-5-19(17)22/h3-5,8-9,12,15H,6-7,10-11,13H2,1-2H3. The summed E-state index contributed by atoms with van der Waals surface area (Å²) in [7, 11) is -2.22. The quantitative estimate of drug-likeness (QED) is 0.564. The van der Waals surface area contributed by atoms with Crippen LogP contribution >= 0.6 is 11.6 Å². The molecule has 0 saturated heterocycles. The number of hydrogen-bond donors (Lipinski definition) is 0. The zero-order chi connectivity index (χ0) is 20.3. The van der Waals surface area contributed by atoms with Crippen molar-refractivity contribution in [2.75, 3.05) is 20.3 Å². The third-order valence-corrected chi connectivity index (χ3v) is 6.88. The molecule has 0 heterocycles. The molecule has 0 aromatic heterocycles. The molecule has 0 unspecified atom stereocenters. The van der Waals surface area contributed by atoms with Crippen molar-refractivity contribution in [2.45, 2.75) is 37.2 Å². The molecule has 28 heavy (non-hydrogen) atoms. The second-order valence-electron chi connectivity index (χ2n) is 6.75. The van der Waals surface area contributed by atoms with E-state index in [4.69, 9.17) is 21.1 Å². The van der Waals surface area contributed by atoms with E-state index in [9.17, 15) is 12.8 Å². The van der Waals surface area contributed by atoms with Crippen molar-refractivity contribution in [2.24, 2.45) is 0 Å². The average Bonchev–Trinajstić information content (AvgIpc) is 3.47. The normalized spacial score (nSPS) is 14.5. The third-order valence-electron chi connectivity index (χ3n) is 4.63. The first kappa shape index (κ1) is 21.0. The fourth-order valence-electron chi connectivity index (χ4n) is 2.93. The molecule has 2 aromatic carbocycles. The maximum atomic E-state index is 14.2. The lowest BCUT2D eigenvalue weighted by atomic mass is 10.2. The van der Waals surface area contributed by atoms with Gasteiger partial charge in [0.15, 0.2) is 0 Å². The number of rotatable bonds is 9. The van der Waals surface area contributed by atoms with Gasteiger partial charge in [-0.1, -0.05) is 17.7 Å². The molecule has 8 heteroatoms. The van der Waals surface area contributed by atoms with Crippen LogP contribution in [0.4, 0.5) is 4.39 Å². The van der Waals surface area contributed by atoms with E-state index in [1.54, 1.807) is 32.2 Å². The number of methoxy groups -OCH3 is 1. The molecule has 0 N–H and O–H groups in total. The molecule has 2 aromatic rings. The van der Waals surface area contributed by atoms with E-state index in [0.29, 0.717) is 24.5 Å². The van der Waals surface area contributed by atoms with Crippen LogP contribution < -0.4 is 4.74 Å². The molecule has 0 atom stereocenters. The van der Waals surface area contributed by atoms with E-state index in [-0.39, 0.29) is 28.1 Å². The Morgan fingerprint density at radius 2 is 1.96 bits per heavy atom. The van der Waals surface area contributed by atoms with Gasteiger partial charge in [0, 0.05) is 30.3 Å². The third kappa shape index (κ3) is 4.66. The molecule has 5 nitrogen and oxygen atoms in total. The topological polar surface area (TPSA) is 55.8 Å². The summed E-state index contributed by atoms with van der Waals surface area (Å²) in [6, 6.07) is 8.95. The Hall–Kier alpha value is -1.67. The highest BCUT2D eigenvalue weighted by molar-refractivity contribution is 7.89. The van der Waals surface area contributed by atoms with Gasteiger partial charge in [0.1, 0.15) is 18.2 Å². The number of nitrogens with zero attached hydrogens (tertiary/aromatic N) is 1. The lowest BCUT2D eigenvalue weighted by Gasteiger charge is -2.23. The lowest BCUT2D eigenvalue weighted by Crippen LogP contribution is -2.33. The first-order valence-corrected chi connectivity index (χ1v) is 10.8. The molecule has 0 radical (unpaired) electrons. The lowest BCUT2D eigenvalue weighted by molar-refractivity contribution is 0.146. The number of ether oxygens (including phenoxy) is 2. The molecular formula is C20H23ClFNO4S. The van der Waals surface area contributed by atoms with Crippen LogP contribution in [0.15, 0.2) is 41.3 Å². The minimum Gasteiger partial charge on any atom is -0.491 e. The minimum atomic E-state index is -3.81. The van der Waals surface area contributed by atoms with Gasteiger partial charge in [0.2, 0.25) is 10.0 Å². The second kappa shape index (κ2) is 8.78. The Bertz CT molecular complexity index is 927. The first-order chi connectivity index (χ1) is 13.3. The number of benzene rings is 2. The summed E-state index contributed by atoms with van der Waals surface area (Å²) in [5.41, 5.74) is 0.896.